The Morgan fingerprint density at radius 2 is 2.24 bits per heavy atom. The van der Waals surface area contributed by atoms with Gasteiger partial charge in [-0.3, -0.25) is 18.9 Å². The van der Waals surface area contributed by atoms with Gasteiger partial charge < -0.3 is 14.4 Å². The van der Waals surface area contributed by atoms with Crippen LogP contribution in [0.4, 0.5) is 9.18 Å². The minimum absolute atomic E-state index is 0.116. The number of aryl methyl sites for hydroxylation is 1. The van der Waals surface area contributed by atoms with E-state index in [1.807, 2.05) is 0 Å². The van der Waals surface area contributed by atoms with Crippen LogP contribution in [0.1, 0.15) is 25.1 Å². The molecule has 0 aliphatic carbocycles. The highest BCUT2D eigenvalue weighted by Gasteiger charge is 2.40. The largest absolute Gasteiger partial charge is 0.457 e. The van der Waals surface area contributed by atoms with E-state index in [0.29, 0.717) is 0 Å². The van der Waals surface area contributed by atoms with Gasteiger partial charge in [-0.2, -0.15) is 0 Å². The lowest BCUT2D eigenvalue weighted by atomic mass is 10.2. The van der Waals surface area contributed by atoms with Gasteiger partial charge in [-0.1, -0.05) is 0 Å². The van der Waals surface area contributed by atoms with Crippen molar-refractivity contribution in [3.8, 4) is 0 Å². The number of ether oxygens (including phenoxy) is 2. The average molecular weight is 380 g/mol. The third-order valence-corrected chi connectivity index (χ3v) is 4.62. The lowest BCUT2D eigenvalue weighted by Crippen LogP contribution is -2.33. The third-order valence-electron chi connectivity index (χ3n) is 3.53. The second-order valence-corrected chi connectivity index (χ2v) is 7.04. The number of halogens is 1. The summed E-state index contributed by atoms with van der Waals surface area (Å²) in [4.78, 5) is 45.9. The molecule has 0 saturated carbocycles. The van der Waals surface area contributed by atoms with Crippen molar-refractivity contribution in [3.05, 3.63) is 32.6 Å². The fourth-order valence-electron chi connectivity index (χ4n) is 2.24. The van der Waals surface area contributed by atoms with Crippen molar-refractivity contribution in [2.24, 2.45) is 0 Å². The molecule has 12 heteroatoms. The van der Waals surface area contributed by atoms with Crippen LogP contribution < -0.4 is 11.2 Å². The lowest BCUT2D eigenvalue weighted by molar-refractivity contribution is -0.0322. The van der Waals surface area contributed by atoms with E-state index in [4.69, 9.17) is 4.74 Å². The Morgan fingerprint density at radius 1 is 1.56 bits per heavy atom. The Labute approximate surface area is 141 Å². The molecule has 0 amide bonds. The topological polar surface area (TPSA) is 137 Å². The number of H-pyrrole nitrogens is 1. The zero-order chi connectivity index (χ0) is 18.8. The molecule has 2 heterocycles. The van der Waals surface area contributed by atoms with E-state index >= 15 is 0 Å². The van der Waals surface area contributed by atoms with Gasteiger partial charge in [-0.15, -0.1) is 0 Å². The van der Waals surface area contributed by atoms with Crippen LogP contribution in [0.15, 0.2) is 15.8 Å². The predicted molar refractivity (Wildman–Crippen MR) is 82.3 cm³/mol. The fourth-order valence-corrected chi connectivity index (χ4v) is 2.99. The molecule has 1 saturated heterocycles. The first-order valence-electron chi connectivity index (χ1n) is 7.42. The number of alkyl halides is 1. The van der Waals surface area contributed by atoms with Gasteiger partial charge >= 0.3 is 19.0 Å². The van der Waals surface area contributed by atoms with Crippen molar-refractivity contribution < 1.29 is 32.6 Å². The third kappa shape index (κ3) is 4.43. The van der Waals surface area contributed by atoms with E-state index in [9.17, 15) is 28.2 Å². The molecule has 4 atom stereocenters. The summed E-state index contributed by atoms with van der Waals surface area (Å²) < 4.78 is 41.0. The number of nitrogens with zero attached hydrogens (tertiary/aromatic N) is 1. The van der Waals surface area contributed by atoms with Gasteiger partial charge in [0.2, 0.25) is 0 Å². The molecular formula is C13H18FN2O8P. The second kappa shape index (κ2) is 7.61. The smallest absolute Gasteiger partial charge is 0.435 e. The van der Waals surface area contributed by atoms with Crippen LogP contribution in [0.2, 0.25) is 0 Å². The highest BCUT2D eigenvalue weighted by Crippen LogP contribution is 2.45. The quantitative estimate of drug-likeness (QED) is 0.693. The van der Waals surface area contributed by atoms with Crippen molar-refractivity contribution in [3.63, 3.8) is 0 Å². The second-order valence-electron chi connectivity index (χ2n) is 5.37. The predicted octanol–water partition coefficient (Wildman–Crippen LogP) is 0.829. The zero-order valence-corrected chi connectivity index (χ0v) is 14.4. The van der Waals surface area contributed by atoms with Gasteiger partial charge in [0.25, 0.3) is 5.56 Å². The number of rotatable bonds is 6. The first-order chi connectivity index (χ1) is 11.7. The van der Waals surface area contributed by atoms with Crippen LogP contribution in [0.25, 0.3) is 0 Å². The van der Waals surface area contributed by atoms with Crippen molar-refractivity contribution >= 4 is 13.3 Å². The molecule has 25 heavy (non-hydrogen) atoms. The molecule has 1 fully saturated rings. The summed E-state index contributed by atoms with van der Waals surface area (Å²) in [6.07, 6.45) is -2.89. The molecule has 1 aromatic heterocycles. The monoisotopic (exact) mass is 380 g/mol. The molecular weight excluding hydrogens is 362 g/mol. The maximum absolute atomic E-state index is 14.1. The first-order valence-corrected chi connectivity index (χ1v) is 8.99. The van der Waals surface area contributed by atoms with Crippen molar-refractivity contribution in [2.45, 2.75) is 38.8 Å². The molecule has 0 radical (unpaired) electrons. The molecule has 140 valence electrons. The van der Waals surface area contributed by atoms with Gasteiger partial charge in [0.15, 0.2) is 0 Å². The summed E-state index contributed by atoms with van der Waals surface area (Å²) in [6, 6.07) is 0. The molecule has 2 N–H and O–H groups in total. The van der Waals surface area contributed by atoms with Crippen LogP contribution >= 0.6 is 7.60 Å². The van der Waals surface area contributed by atoms with Gasteiger partial charge in [0.05, 0.1) is 13.2 Å². The minimum Gasteiger partial charge on any atom is -0.457 e. The van der Waals surface area contributed by atoms with Crippen LogP contribution in [0.3, 0.4) is 0 Å². The first kappa shape index (κ1) is 19.5. The van der Waals surface area contributed by atoms with E-state index in [0.717, 1.165) is 4.57 Å². The Bertz CT molecular complexity index is 806. The van der Waals surface area contributed by atoms with E-state index in [1.165, 1.54) is 20.0 Å². The molecule has 1 aromatic rings. The lowest BCUT2D eigenvalue weighted by Gasteiger charge is -2.17. The van der Waals surface area contributed by atoms with Crippen molar-refractivity contribution in [1.82, 2.24) is 9.55 Å². The molecule has 10 nitrogen and oxygen atoms in total. The highest BCUT2D eigenvalue weighted by molar-refractivity contribution is 7.70. The van der Waals surface area contributed by atoms with Gasteiger partial charge in [-0.05, 0) is 13.8 Å². The van der Waals surface area contributed by atoms with E-state index in [1.54, 1.807) is 0 Å². The van der Waals surface area contributed by atoms with E-state index in [2.05, 4.69) is 14.2 Å². The molecule has 0 aromatic carbocycles. The number of aromatic nitrogens is 2. The zero-order valence-electron chi connectivity index (χ0n) is 13.5. The van der Waals surface area contributed by atoms with Crippen LogP contribution in [-0.2, 0) is 18.6 Å². The maximum atomic E-state index is 14.1. The highest BCUT2D eigenvalue weighted by atomic mass is 31.2. The van der Waals surface area contributed by atoms with Crippen LogP contribution in [-0.4, -0.2) is 45.6 Å². The van der Waals surface area contributed by atoms with E-state index < -0.39 is 49.7 Å². The van der Waals surface area contributed by atoms with Crippen LogP contribution in [0, 0.1) is 6.92 Å². The Morgan fingerprint density at radius 3 is 2.88 bits per heavy atom. The standard InChI is InChI=1S/C13H18FN2O8P/c1-3-22-13(19)25(20,21)23-6-9-8(14)4-10(24-9)16-5-7(2)11(17)15-12(16)18/h5,8-10H,3-4,6H2,1-2H3,(H,20,21)(H,15,17,18)/t8-,9+,10+/m0/s1. The molecule has 1 aliphatic heterocycles. The number of carbonyl (C=O) groups is 1. The van der Waals surface area contributed by atoms with Gasteiger partial charge in [-0.25, -0.2) is 18.5 Å². The fraction of sp³-hybridized carbons (Fsp3) is 0.615. The maximum Gasteiger partial charge on any atom is 0.435 e. The molecule has 1 unspecified atom stereocenters. The number of hydrogen-bond acceptors (Lipinski definition) is 7. The summed E-state index contributed by atoms with van der Waals surface area (Å²) in [5.74, 6) is 0. The van der Waals surface area contributed by atoms with E-state index in [-0.39, 0.29) is 18.6 Å². The number of aromatic amines is 1. The summed E-state index contributed by atoms with van der Waals surface area (Å²) in [5.41, 5.74) is -2.53. The Kier molecular flexibility index (Phi) is 5.94. The van der Waals surface area contributed by atoms with Gasteiger partial charge in [0.1, 0.15) is 18.5 Å². The number of carbonyl (C=O) groups excluding carboxylic acids is 1. The Balaban J connectivity index is 2.06. The molecule has 0 bridgehead atoms. The SMILES string of the molecule is CCOC(=O)P(=O)(O)OC[C@H]1O[C@@H](n2cc(C)c(=O)[nH]c2=O)C[C@@H]1F. The molecule has 0 spiro atoms. The summed E-state index contributed by atoms with van der Waals surface area (Å²) in [6.45, 7) is 2.12. The molecule has 2 rings (SSSR count). The summed E-state index contributed by atoms with van der Waals surface area (Å²) >= 11 is 0. The molecule has 1 aliphatic rings. The van der Waals surface area contributed by atoms with Gasteiger partial charge in [0, 0.05) is 18.2 Å². The normalized spacial score (nSPS) is 25.5. The minimum atomic E-state index is -4.72. The van der Waals surface area contributed by atoms with Crippen molar-refractivity contribution in [2.75, 3.05) is 13.2 Å². The summed E-state index contributed by atoms with van der Waals surface area (Å²) in [5, 5.41) is 0. The van der Waals surface area contributed by atoms with Crippen molar-refractivity contribution in [1.29, 1.82) is 0 Å². The van der Waals surface area contributed by atoms with Crippen LogP contribution in [0.5, 0.6) is 0 Å². The average Bonchev–Trinajstić information content (AvgIpc) is 2.90. The Hall–Kier alpha value is -1.81. The summed E-state index contributed by atoms with van der Waals surface area (Å²) in [7, 11) is -4.72. The number of hydrogen-bond donors (Lipinski definition) is 2. The number of nitrogens with one attached hydrogen (secondary N) is 1.